The number of anilines is 1. The van der Waals surface area contributed by atoms with Crippen molar-refractivity contribution in [2.75, 3.05) is 25.6 Å². The van der Waals surface area contributed by atoms with Crippen LogP contribution in [0.1, 0.15) is 23.7 Å². The fourth-order valence-corrected chi connectivity index (χ4v) is 1.62. The minimum atomic E-state index is -0.475. The Bertz CT molecular complexity index is 401. The summed E-state index contributed by atoms with van der Waals surface area (Å²) in [6.07, 6.45) is 0.649. The number of nitrogens with two attached hydrogens (primary N) is 1. The second-order valence-corrected chi connectivity index (χ2v) is 4.33. The third kappa shape index (κ3) is 4.37. The lowest BCUT2D eigenvalue weighted by Gasteiger charge is -2.07. The predicted octanol–water partition coefficient (Wildman–Crippen LogP) is 3.16. The Hall–Kier alpha value is -0.970. The smallest absolute Gasteiger partial charge is 0.338 e. The molecule has 1 aromatic carbocycles. The van der Waals surface area contributed by atoms with Crippen molar-refractivity contribution in [1.82, 2.24) is 0 Å². The molecule has 0 amide bonds. The van der Waals surface area contributed by atoms with E-state index in [4.69, 9.17) is 38.4 Å². The molecule has 100 valence electrons. The van der Waals surface area contributed by atoms with Gasteiger partial charge in [0.2, 0.25) is 0 Å². The van der Waals surface area contributed by atoms with Crippen LogP contribution >= 0.6 is 23.2 Å². The molecule has 1 aromatic rings. The molecule has 0 atom stereocenters. The van der Waals surface area contributed by atoms with Crippen molar-refractivity contribution in [1.29, 1.82) is 0 Å². The number of benzene rings is 1. The maximum absolute atomic E-state index is 11.7. The van der Waals surface area contributed by atoms with Gasteiger partial charge in [0.25, 0.3) is 0 Å². The summed E-state index contributed by atoms with van der Waals surface area (Å²) < 4.78 is 10.2. The van der Waals surface area contributed by atoms with Gasteiger partial charge in [-0.3, -0.25) is 0 Å². The van der Waals surface area contributed by atoms with Crippen molar-refractivity contribution < 1.29 is 14.3 Å². The Morgan fingerprint density at radius 2 is 2.06 bits per heavy atom. The van der Waals surface area contributed by atoms with Crippen LogP contribution in [0.3, 0.4) is 0 Å². The molecule has 0 unspecified atom stereocenters. The van der Waals surface area contributed by atoms with Gasteiger partial charge in [0.1, 0.15) is 0 Å². The van der Waals surface area contributed by atoms with Gasteiger partial charge in [-0.25, -0.2) is 4.79 Å². The fraction of sp³-hybridized carbons (Fsp3) is 0.417. The van der Waals surface area contributed by atoms with E-state index in [0.29, 0.717) is 31.8 Å². The van der Waals surface area contributed by atoms with E-state index in [9.17, 15) is 4.79 Å². The summed E-state index contributed by atoms with van der Waals surface area (Å²) in [5.41, 5.74) is 6.15. The second-order valence-electron chi connectivity index (χ2n) is 3.55. The molecular weight excluding hydrogens is 277 g/mol. The van der Waals surface area contributed by atoms with Crippen molar-refractivity contribution in [3.8, 4) is 0 Å². The first-order valence-corrected chi connectivity index (χ1v) is 6.31. The maximum Gasteiger partial charge on any atom is 0.338 e. The Morgan fingerprint density at radius 3 is 2.67 bits per heavy atom. The van der Waals surface area contributed by atoms with E-state index in [1.165, 1.54) is 12.1 Å². The van der Waals surface area contributed by atoms with Crippen molar-refractivity contribution in [3.05, 3.63) is 27.7 Å². The van der Waals surface area contributed by atoms with Gasteiger partial charge in [-0.2, -0.15) is 0 Å². The van der Waals surface area contributed by atoms with Gasteiger partial charge in [-0.15, -0.1) is 0 Å². The zero-order valence-corrected chi connectivity index (χ0v) is 11.6. The van der Waals surface area contributed by atoms with Crippen molar-refractivity contribution in [3.63, 3.8) is 0 Å². The van der Waals surface area contributed by atoms with Crippen LogP contribution in [0.2, 0.25) is 10.0 Å². The van der Waals surface area contributed by atoms with Crippen molar-refractivity contribution >= 4 is 34.9 Å². The highest BCUT2D eigenvalue weighted by Gasteiger charge is 2.12. The van der Waals surface area contributed by atoms with E-state index in [1.54, 1.807) is 0 Å². The van der Waals surface area contributed by atoms with Crippen LogP contribution in [0.15, 0.2) is 12.1 Å². The lowest BCUT2D eigenvalue weighted by atomic mass is 10.2. The first-order valence-electron chi connectivity index (χ1n) is 5.55. The fourth-order valence-electron chi connectivity index (χ4n) is 1.28. The molecule has 4 nitrogen and oxygen atoms in total. The Morgan fingerprint density at radius 1 is 1.33 bits per heavy atom. The van der Waals surface area contributed by atoms with E-state index < -0.39 is 5.97 Å². The van der Waals surface area contributed by atoms with Crippen LogP contribution in [-0.4, -0.2) is 25.8 Å². The normalized spacial score (nSPS) is 10.4. The lowest BCUT2D eigenvalue weighted by molar-refractivity contribution is 0.0452. The highest BCUT2D eigenvalue weighted by Crippen LogP contribution is 2.29. The van der Waals surface area contributed by atoms with Gasteiger partial charge in [0, 0.05) is 19.6 Å². The summed E-state index contributed by atoms with van der Waals surface area (Å²) >= 11 is 11.6. The highest BCUT2D eigenvalue weighted by molar-refractivity contribution is 6.43. The average molecular weight is 292 g/mol. The maximum atomic E-state index is 11.7. The van der Waals surface area contributed by atoms with Crippen LogP contribution in [-0.2, 0) is 9.47 Å². The van der Waals surface area contributed by atoms with Gasteiger partial charge in [0.15, 0.2) is 0 Å². The van der Waals surface area contributed by atoms with Crippen molar-refractivity contribution in [2.45, 2.75) is 13.3 Å². The molecule has 0 radical (unpaired) electrons. The monoisotopic (exact) mass is 291 g/mol. The molecule has 1 rings (SSSR count). The van der Waals surface area contributed by atoms with E-state index in [2.05, 4.69) is 0 Å². The third-order valence-corrected chi connectivity index (χ3v) is 2.98. The van der Waals surface area contributed by atoms with Crippen LogP contribution in [0.5, 0.6) is 0 Å². The van der Waals surface area contributed by atoms with E-state index in [-0.39, 0.29) is 15.7 Å². The number of esters is 1. The number of nitrogen functional groups attached to an aromatic ring is 1. The molecule has 0 spiro atoms. The number of rotatable bonds is 6. The first kappa shape index (κ1) is 15.1. The molecule has 0 bridgehead atoms. The predicted molar refractivity (Wildman–Crippen MR) is 72.3 cm³/mol. The van der Waals surface area contributed by atoms with Crippen LogP contribution in [0, 0.1) is 0 Å². The summed E-state index contributed by atoms with van der Waals surface area (Å²) in [7, 11) is 0. The standard InChI is InChI=1S/C12H15Cl2NO3/c1-2-17-4-3-5-18-12(16)8-6-9(13)11(14)10(15)7-8/h6-7H,2-5,15H2,1H3. The van der Waals surface area contributed by atoms with E-state index >= 15 is 0 Å². The molecule has 6 heteroatoms. The number of carbonyl (C=O) groups excluding carboxylic acids is 1. The lowest BCUT2D eigenvalue weighted by Crippen LogP contribution is -2.09. The molecule has 0 heterocycles. The minimum absolute atomic E-state index is 0.234. The Labute approximate surface area is 116 Å². The number of halogens is 2. The zero-order chi connectivity index (χ0) is 13.5. The SMILES string of the molecule is CCOCCCOC(=O)c1cc(N)c(Cl)c(Cl)c1. The minimum Gasteiger partial charge on any atom is -0.462 e. The van der Waals surface area contributed by atoms with Crippen LogP contribution < -0.4 is 5.73 Å². The van der Waals surface area contributed by atoms with Crippen LogP contribution in [0.4, 0.5) is 5.69 Å². The van der Waals surface area contributed by atoms with Gasteiger partial charge in [-0.05, 0) is 19.1 Å². The average Bonchev–Trinajstić information content (AvgIpc) is 2.34. The molecule has 0 saturated carbocycles. The van der Waals surface area contributed by atoms with Gasteiger partial charge < -0.3 is 15.2 Å². The molecule has 18 heavy (non-hydrogen) atoms. The van der Waals surface area contributed by atoms with Gasteiger partial charge in [-0.1, -0.05) is 23.2 Å². The topological polar surface area (TPSA) is 61.5 Å². The summed E-state index contributed by atoms with van der Waals surface area (Å²) in [5, 5.41) is 0.475. The molecule has 0 aliphatic carbocycles. The van der Waals surface area contributed by atoms with Gasteiger partial charge >= 0.3 is 5.97 Å². The second kappa shape index (κ2) is 7.46. The summed E-state index contributed by atoms with van der Waals surface area (Å²) in [6, 6.07) is 2.88. The van der Waals surface area contributed by atoms with Crippen LogP contribution in [0.25, 0.3) is 0 Å². The molecule has 0 aliphatic rings. The molecule has 0 aromatic heterocycles. The zero-order valence-electron chi connectivity index (χ0n) is 10.0. The van der Waals surface area contributed by atoms with Crippen molar-refractivity contribution in [2.24, 2.45) is 0 Å². The summed E-state index contributed by atoms with van der Waals surface area (Å²) in [4.78, 5) is 11.7. The largest absolute Gasteiger partial charge is 0.462 e. The molecule has 2 N–H and O–H groups in total. The number of hydrogen-bond acceptors (Lipinski definition) is 4. The summed E-state index contributed by atoms with van der Waals surface area (Å²) in [5.74, 6) is -0.475. The highest BCUT2D eigenvalue weighted by atomic mass is 35.5. The quantitative estimate of drug-likeness (QED) is 0.497. The molecule has 0 saturated heterocycles. The Kier molecular flexibility index (Phi) is 6.25. The molecule has 0 fully saturated rings. The van der Waals surface area contributed by atoms with E-state index in [0.717, 1.165) is 0 Å². The molecular formula is C12H15Cl2NO3. The third-order valence-electron chi connectivity index (χ3n) is 2.16. The number of hydrogen-bond donors (Lipinski definition) is 1. The number of carbonyl (C=O) groups is 1. The number of ether oxygens (including phenoxy) is 2. The summed E-state index contributed by atoms with van der Waals surface area (Å²) in [6.45, 7) is 3.41. The Balaban J connectivity index is 2.52. The first-order chi connectivity index (χ1) is 8.56. The van der Waals surface area contributed by atoms with E-state index in [1.807, 2.05) is 6.92 Å². The molecule has 0 aliphatic heterocycles. The van der Waals surface area contributed by atoms with Gasteiger partial charge in [0.05, 0.1) is 27.9 Å².